The van der Waals surface area contributed by atoms with E-state index in [1.807, 2.05) is 30.3 Å². The molecular formula is C21H18N4O2. The van der Waals surface area contributed by atoms with E-state index in [2.05, 4.69) is 16.1 Å². The number of imide groups is 1. The SMILES string of the molecule is N#Cc1ccc(N2C(=O)[C@@H]3[C@H](C2=O)N2CCCN2[C@H]3c2ccccc2)cc1. The van der Waals surface area contributed by atoms with Crippen LogP contribution in [0.5, 0.6) is 0 Å². The molecule has 3 atom stereocenters. The fourth-order valence-corrected chi connectivity index (χ4v) is 4.70. The summed E-state index contributed by atoms with van der Waals surface area (Å²) in [6.45, 7) is 1.66. The van der Waals surface area contributed by atoms with Crippen molar-refractivity contribution in [1.29, 1.82) is 5.26 Å². The van der Waals surface area contributed by atoms with Gasteiger partial charge in [-0.3, -0.25) is 9.59 Å². The highest BCUT2D eigenvalue weighted by Gasteiger charge is 2.62. The van der Waals surface area contributed by atoms with Crippen LogP contribution < -0.4 is 4.90 Å². The molecule has 0 N–H and O–H groups in total. The molecule has 2 aromatic carbocycles. The van der Waals surface area contributed by atoms with E-state index in [4.69, 9.17) is 5.26 Å². The minimum atomic E-state index is -0.444. The Morgan fingerprint density at radius 2 is 1.52 bits per heavy atom. The number of hydrazine groups is 1. The summed E-state index contributed by atoms with van der Waals surface area (Å²) in [5.41, 5.74) is 2.11. The fourth-order valence-electron chi connectivity index (χ4n) is 4.70. The Labute approximate surface area is 157 Å². The van der Waals surface area contributed by atoms with Gasteiger partial charge >= 0.3 is 0 Å². The first-order valence-corrected chi connectivity index (χ1v) is 9.17. The zero-order chi connectivity index (χ0) is 18.5. The van der Waals surface area contributed by atoms with Gasteiger partial charge < -0.3 is 0 Å². The van der Waals surface area contributed by atoms with Crippen LogP contribution in [0.25, 0.3) is 0 Å². The van der Waals surface area contributed by atoms with Crippen LogP contribution in [0.4, 0.5) is 5.69 Å². The third-order valence-corrected chi connectivity index (χ3v) is 5.80. The third-order valence-electron chi connectivity index (χ3n) is 5.80. The Morgan fingerprint density at radius 3 is 2.19 bits per heavy atom. The molecule has 0 bridgehead atoms. The summed E-state index contributed by atoms with van der Waals surface area (Å²) < 4.78 is 0. The normalized spacial score (nSPS) is 27.7. The van der Waals surface area contributed by atoms with Gasteiger partial charge in [-0.15, -0.1) is 0 Å². The molecule has 2 aromatic rings. The summed E-state index contributed by atoms with van der Waals surface area (Å²) in [4.78, 5) is 27.9. The van der Waals surface area contributed by atoms with Gasteiger partial charge in [0, 0.05) is 13.1 Å². The fraction of sp³-hybridized carbons (Fsp3) is 0.286. The van der Waals surface area contributed by atoms with Gasteiger partial charge in [0.05, 0.1) is 29.3 Å². The lowest BCUT2D eigenvalue weighted by Crippen LogP contribution is -2.44. The average Bonchev–Trinajstić information content (AvgIpc) is 3.35. The molecule has 27 heavy (non-hydrogen) atoms. The van der Waals surface area contributed by atoms with E-state index in [0.717, 1.165) is 25.1 Å². The van der Waals surface area contributed by atoms with Crippen LogP contribution in [-0.4, -0.2) is 41.0 Å². The number of hydrogen-bond donors (Lipinski definition) is 0. The number of hydrogen-bond acceptors (Lipinski definition) is 5. The molecule has 0 unspecified atom stereocenters. The number of anilines is 1. The smallest absolute Gasteiger partial charge is 0.253 e. The predicted octanol–water partition coefficient (Wildman–Crippen LogP) is 2.09. The van der Waals surface area contributed by atoms with Gasteiger partial charge in [0.25, 0.3) is 5.91 Å². The standard InChI is InChI=1S/C21H18N4O2/c22-13-14-7-9-16(10-8-14)25-20(26)17-18(15-5-2-1-3-6-15)23-11-4-12-24(23)19(17)21(25)27/h1-3,5-10,17-19H,4,11-12H2/t17-,18-,19+/m0/s1. The molecule has 0 aromatic heterocycles. The van der Waals surface area contributed by atoms with Crippen molar-refractivity contribution in [3.05, 3.63) is 65.7 Å². The van der Waals surface area contributed by atoms with E-state index in [9.17, 15) is 9.59 Å². The third kappa shape index (κ3) is 2.26. The molecule has 0 aliphatic carbocycles. The van der Waals surface area contributed by atoms with E-state index in [-0.39, 0.29) is 17.9 Å². The van der Waals surface area contributed by atoms with Gasteiger partial charge in [-0.2, -0.15) is 5.26 Å². The van der Waals surface area contributed by atoms with Crippen molar-refractivity contribution in [3.63, 3.8) is 0 Å². The number of rotatable bonds is 2. The number of carbonyl (C=O) groups is 2. The van der Waals surface area contributed by atoms with Crippen LogP contribution in [-0.2, 0) is 9.59 Å². The Balaban J connectivity index is 1.57. The van der Waals surface area contributed by atoms with Crippen LogP contribution in [0.3, 0.4) is 0 Å². The van der Waals surface area contributed by atoms with Crippen molar-refractivity contribution in [1.82, 2.24) is 10.0 Å². The van der Waals surface area contributed by atoms with Gasteiger partial charge in [0.1, 0.15) is 6.04 Å². The summed E-state index contributed by atoms with van der Waals surface area (Å²) in [5.74, 6) is -0.728. The van der Waals surface area contributed by atoms with Crippen molar-refractivity contribution in [3.8, 4) is 6.07 Å². The highest BCUT2D eigenvalue weighted by Crippen LogP contribution is 2.48. The van der Waals surface area contributed by atoms with E-state index in [0.29, 0.717) is 11.3 Å². The number of amides is 2. The quantitative estimate of drug-likeness (QED) is 0.769. The lowest BCUT2D eigenvalue weighted by Gasteiger charge is -2.29. The van der Waals surface area contributed by atoms with Gasteiger partial charge in [-0.25, -0.2) is 14.9 Å². The number of carbonyl (C=O) groups excluding carboxylic acids is 2. The largest absolute Gasteiger partial charge is 0.274 e. The average molecular weight is 358 g/mol. The monoisotopic (exact) mass is 358 g/mol. The van der Waals surface area contributed by atoms with Crippen molar-refractivity contribution < 1.29 is 9.59 Å². The Hall–Kier alpha value is -3.01. The van der Waals surface area contributed by atoms with E-state index in [1.165, 1.54) is 4.90 Å². The summed E-state index contributed by atoms with van der Waals surface area (Å²) in [5, 5.41) is 13.3. The molecule has 3 fully saturated rings. The second-order valence-electron chi connectivity index (χ2n) is 7.18. The molecule has 3 heterocycles. The molecule has 0 spiro atoms. The number of fused-ring (bicyclic) bond motifs is 3. The van der Waals surface area contributed by atoms with Crippen LogP contribution in [0.2, 0.25) is 0 Å². The Bertz CT molecular complexity index is 950. The predicted molar refractivity (Wildman–Crippen MR) is 98.1 cm³/mol. The van der Waals surface area contributed by atoms with Gasteiger partial charge in [0.15, 0.2) is 0 Å². The molecule has 2 amide bonds. The molecule has 3 aliphatic heterocycles. The lowest BCUT2D eigenvalue weighted by atomic mass is 9.90. The summed E-state index contributed by atoms with van der Waals surface area (Å²) >= 11 is 0. The van der Waals surface area contributed by atoms with E-state index >= 15 is 0 Å². The summed E-state index contributed by atoms with van der Waals surface area (Å²) in [6.07, 6.45) is 0.991. The molecule has 134 valence electrons. The van der Waals surface area contributed by atoms with Crippen LogP contribution in [0, 0.1) is 17.2 Å². The second kappa shape index (κ2) is 6.02. The number of nitriles is 1. The van der Waals surface area contributed by atoms with Crippen molar-refractivity contribution in [2.75, 3.05) is 18.0 Å². The topological polar surface area (TPSA) is 67.6 Å². The van der Waals surface area contributed by atoms with Crippen LogP contribution in [0.1, 0.15) is 23.6 Å². The zero-order valence-corrected chi connectivity index (χ0v) is 14.7. The molecule has 3 aliphatic rings. The summed E-state index contributed by atoms with van der Waals surface area (Å²) in [7, 11) is 0. The maximum Gasteiger partial charge on any atom is 0.253 e. The first kappa shape index (κ1) is 16.2. The molecule has 0 radical (unpaired) electrons. The van der Waals surface area contributed by atoms with E-state index < -0.39 is 12.0 Å². The molecular weight excluding hydrogens is 340 g/mol. The lowest BCUT2D eigenvalue weighted by molar-refractivity contribution is -0.126. The van der Waals surface area contributed by atoms with Crippen LogP contribution in [0.15, 0.2) is 54.6 Å². The maximum atomic E-state index is 13.4. The zero-order valence-electron chi connectivity index (χ0n) is 14.7. The van der Waals surface area contributed by atoms with Crippen molar-refractivity contribution >= 4 is 17.5 Å². The highest BCUT2D eigenvalue weighted by molar-refractivity contribution is 6.24. The van der Waals surface area contributed by atoms with E-state index in [1.54, 1.807) is 24.3 Å². The second-order valence-corrected chi connectivity index (χ2v) is 7.18. The Morgan fingerprint density at radius 1 is 0.852 bits per heavy atom. The van der Waals surface area contributed by atoms with Gasteiger partial charge in [-0.1, -0.05) is 30.3 Å². The molecule has 5 rings (SSSR count). The molecule has 6 nitrogen and oxygen atoms in total. The van der Waals surface area contributed by atoms with Crippen molar-refractivity contribution in [2.45, 2.75) is 18.5 Å². The first-order valence-electron chi connectivity index (χ1n) is 9.17. The van der Waals surface area contributed by atoms with Crippen LogP contribution >= 0.6 is 0 Å². The van der Waals surface area contributed by atoms with Gasteiger partial charge in [0.2, 0.25) is 5.91 Å². The maximum absolute atomic E-state index is 13.4. The highest BCUT2D eigenvalue weighted by atomic mass is 16.2. The minimum absolute atomic E-state index is 0.112. The molecule has 0 saturated carbocycles. The minimum Gasteiger partial charge on any atom is -0.274 e. The first-order chi connectivity index (χ1) is 13.2. The molecule has 3 saturated heterocycles. The molecule has 6 heteroatoms. The Kier molecular flexibility index (Phi) is 3.61. The summed E-state index contributed by atoms with van der Waals surface area (Å²) in [6, 6.07) is 18.1. The number of nitrogens with zero attached hydrogens (tertiary/aromatic N) is 4. The van der Waals surface area contributed by atoms with Gasteiger partial charge in [-0.05, 0) is 36.2 Å². The number of benzene rings is 2. The van der Waals surface area contributed by atoms with Crippen molar-refractivity contribution in [2.24, 2.45) is 5.92 Å².